The standard InChI is InChI=1S/C24H29NO4/c1-3-28-23(26)24(13-16-27-2)11-14-25(15-12-24)17-18-7-6-9-20-19-8-4-5-10-21(19)29-22(18)20/h4-10H,3,11-17H2,1-2H3. The first-order valence-electron chi connectivity index (χ1n) is 10.4. The number of furan rings is 1. The number of fused-ring (bicyclic) bond motifs is 3. The molecule has 0 saturated carbocycles. The summed E-state index contributed by atoms with van der Waals surface area (Å²) in [6.45, 7) is 5.41. The molecule has 0 radical (unpaired) electrons. The summed E-state index contributed by atoms with van der Waals surface area (Å²) in [6.07, 6.45) is 2.31. The average molecular weight is 395 g/mol. The summed E-state index contributed by atoms with van der Waals surface area (Å²) in [6, 6.07) is 14.5. The minimum atomic E-state index is -0.423. The van der Waals surface area contributed by atoms with Crippen molar-refractivity contribution in [3.05, 3.63) is 48.0 Å². The van der Waals surface area contributed by atoms with E-state index in [0.717, 1.165) is 60.8 Å². The van der Waals surface area contributed by atoms with Crippen LogP contribution in [0.4, 0.5) is 0 Å². The van der Waals surface area contributed by atoms with Crippen molar-refractivity contribution >= 4 is 27.9 Å². The van der Waals surface area contributed by atoms with Crippen molar-refractivity contribution < 1.29 is 18.7 Å². The summed E-state index contributed by atoms with van der Waals surface area (Å²) < 4.78 is 16.8. The Balaban J connectivity index is 1.51. The number of nitrogens with zero attached hydrogens (tertiary/aromatic N) is 1. The SMILES string of the molecule is CCOC(=O)C1(CCOC)CCN(Cc2cccc3c2oc2ccccc23)CC1. The Kier molecular flexibility index (Phi) is 5.88. The molecule has 4 rings (SSSR count). The van der Waals surface area contributed by atoms with Gasteiger partial charge in [0.25, 0.3) is 0 Å². The molecule has 1 aliphatic rings. The summed E-state index contributed by atoms with van der Waals surface area (Å²) in [7, 11) is 1.68. The lowest BCUT2D eigenvalue weighted by atomic mass is 9.75. The quantitative estimate of drug-likeness (QED) is 0.540. The third-order valence-electron chi connectivity index (χ3n) is 6.19. The number of esters is 1. The number of piperidine rings is 1. The van der Waals surface area contributed by atoms with E-state index < -0.39 is 5.41 Å². The third-order valence-corrected chi connectivity index (χ3v) is 6.19. The van der Waals surface area contributed by atoms with Crippen molar-refractivity contribution in [2.24, 2.45) is 5.41 Å². The Morgan fingerprint density at radius 1 is 1.10 bits per heavy atom. The number of methoxy groups -OCH3 is 1. The molecular weight excluding hydrogens is 366 g/mol. The van der Waals surface area contributed by atoms with Gasteiger partial charge in [-0.3, -0.25) is 9.69 Å². The minimum Gasteiger partial charge on any atom is -0.466 e. The average Bonchev–Trinajstić information content (AvgIpc) is 3.13. The van der Waals surface area contributed by atoms with Crippen molar-refractivity contribution in [1.82, 2.24) is 4.90 Å². The molecule has 0 amide bonds. The number of benzene rings is 2. The fraction of sp³-hybridized carbons (Fsp3) is 0.458. The number of ether oxygens (including phenoxy) is 2. The number of carbonyl (C=O) groups excluding carboxylic acids is 1. The van der Waals surface area contributed by atoms with E-state index in [9.17, 15) is 4.79 Å². The van der Waals surface area contributed by atoms with Gasteiger partial charge in [0.05, 0.1) is 12.0 Å². The van der Waals surface area contributed by atoms with Crippen molar-refractivity contribution in [2.45, 2.75) is 32.7 Å². The van der Waals surface area contributed by atoms with E-state index in [2.05, 4.69) is 29.2 Å². The van der Waals surface area contributed by atoms with Crippen LogP contribution in [0.5, 0.6) is 0 Å². The molecule has 0 bridgehead atoms. The highest BCUT2D eigenvalue weighted by Gasteiger charge is 2.42. The first kappa shape index (κ1) is 19.9. The van der Waals surface area contributed by atoms with Gasteiger partial charge in [-0.15, -0.1) is 0 Å². The van der Waals surface area contributed by atoms with Gasteiger partial charge in [-0.25, -0.2) is 0 Å². The smallest absolute Gasteiger partial charge is 0.312 e. The summed E-state index contributed by atoms with van der Waals surface area (Å²) in [4.78, 5) is 15.1. The zero-order chi connectivity index (χ0) is 20.3. The second-order valence-electron chi connectivity index (χ2n) is 7.91. The molecule has 1 aliphatic heterocycles. The lowest BCUT2D eigenvalue weighted by Gasteiger charge is -2.39. The van der Waals surface area contributed by atoms with Crippen LogP contribution >= 0.6 is 0 Å². The maximum atomic E-state index is 12.7. The Morgan fingerprint density at radius 3 is 2.62 bits per heavy atom. The molecule has 2 aromatic carbocycles. The van der Waals surface area contributed by atoms with Crippen molar-refractivity contribution in [3.8, 4) is 0 Å². The number of hydrogen-bond donors (Lipinski definition) is 0. The lowest BCUT2D eigenvalue weighted by molar-refractivity contribution is -0.160. The topological polar surface area (TPSA) is 51.9 Å². The normalized spacial score (nSPS) is 17.0. The lowest BCUT2D eigenvalue weighted by Crippen LogP contribution is -2.45. The van der Waals surface area contributed by atoms with Crippen LogP contribution in [0.15, 0.2) is 46.9 Å². The first-order valence-corrected chi connectivity index (χ1v) is 10.4. The largest absolute Gasteiger partial charge is 0.466 e. The first-order chi connectivity index (χ1) is 14.2. The van der Waals surface area contributed by atoms with Crippen LogP contribution in [-0.2, 0) is 20.8 Å². The number of hydrogen-bond acceptors (Lipinski definition) is 5. The van der Waals surface area contributed by atoms with E-state index in [-0.39, 0.29) is 5.97 Å². The molecule has 3 aromatic rings. The fourth-order valence-corrected chi connectivity index (χ4v) is 4.45. The van der Waals surface area contributed by atoms with E-state index in [1.54, 1.807) is 7.11 Å². The van der Waals surface area contributed by atoms with E-state index in [0.29, 0.717) is 13.2 Å². The van der Waals surface area contributed by atoms with Gasteiger partial charge >= 0.3 is 5.97 Å². The van der Waals surface area contributed by atoms with Crippen LogP contribution in [-0.4, -0.2) is 44.3 Å². The van der Waals surface area contributed by atoms with Gasteiger partial charge in [-0.05, 0) is 45.3 Å². The fourth-order valence-electron chi connectivity index (χ4n) is 4.45. The third kappa shape index (κ3) is 3.89. The molecule has 5 nitrogen and oxygen atoms in total. The summed E-state index contributed by atoms with van der Waals surface area (Å²) in [5, 5.41) is 2.32. The predicted molar refractivity (Wildman–Crippen MR) is 114 cm³/mol. The molecule has 0 spiro atoms. The van der Waals surface area contributed by atoms with Gasteiger partial charge in [0, 0.05) is 36.6 Å². The van der Waals surface area contributed by atoms with Gasteiger partial charge in [-0.2, -0.15) is 0 Å². The van der Waals surface area contributed by atoms with Gasteiger partial charge in [0.15, 0.2) is 0 Å². The van der Waals surface area contributed by atoms with Gasteiger partial charge in [0.2, 0.25) is 0 Å². The van der Waals surface area contributed by atoms with Crippen LogP contribution in [0.1, 0.15) is 31.7 Å². The molecular formula is C24H29NO4. The predicted octanol–water partition coefficient (Wildman–Crippen LogP) is 4.77. The second kappa shape index (κ2) is 8.56. The molecule has 5 heteroatoms. The van der Waals surface area contributed by atoms with Crippen molar-refractivity contribution in [3.63, 3.8) is 0 Å². The number of likely N-dealkylation sites (tertiary alicyclic amines) is 1. The van der Waals surface area contributed by atoms with Crippen LogP contribution in [0.2, 0.25) is 0 Å². The Morgan fingerprint density at radius 2 is 1.86 bits per heavy atom. The van der Waals surface area contributed by atoms with E-state index in [4.69, 9.17) is 13.9 Å². The van der Waals surface area contributed by atoms with Crippen LogP contribution in [0.3, 0.4) is 0 Å². The van der Waals surface area contributed by atoms with Crippen LogP contribution in [0, 0.1) is 5.41 Å². The number of carbonyl (C=O) groups is 1. The molecule has 29 heavy (non-hydrogen) atoms. The maximum Gasteiger partial charge on any atom is 0.312 e. The molecule has 1 aromatic heterocycles. The minimum absolute atomic E-state index is 0.0731. The molecule has 154 valence electrons. The highest BCUT2D eigenvalue weighted by atomic mass is 16.5. The van der Waals surface area contributed by atoms with Crippen molar-refractivity contribution in [2.75, 3.05) is 33.4 Å². The van der Waals surface area contributed by atoms with E-state index >= 15 is 0 Å². The zero-order valence-corrected chi connectivity index (χ0v) is 17.3. The molecule has 2 heterocycles. The Labute approximate surface area is 171 Å². The highest BCUT2D eigenvalue weighted by molar-refractivity contribution is 6.05. The summed E-state index contributed by atoms with van der Waals surface area (Å²) in [5.41, 5.74) is 2.66. The molecule has 1 fully saturated rings. The number of para-hydroxylation sites is 2. The second-order valence-corrected chi connectivity index (χ2v) is 7.91. The van der Waals surface area contributed by atoms with Gasteiger partial charge in [0.1, 0.15) is 11.2 Å². The maximum absolute atomic E-state index is 12.7. The molecule has 0 N–H and O–H groups in total. The molecule has 1 saturated heterocycles. The zero-order valence-electron chi connectivity index (χ0n) is 17.3. The number of rotatable bonds is 7. The van der Waals surface area contributed by atoms with Crippen LogP contribution in [0.25, 0.3) is 21.9 Å². The van der Waals surface area contributed by atoms with Crippen molar-refractivity contribution in [1.29, 1.82) is 0 Å². The highest BCUT2D eigenvalue weighted by Crippen LogP contribution is 2.38. The molecule has 0 atom stereocenters. The Hall–Kier alpha value is -2.37. The monoisotopic (exact) mass is 395 g/mol. The van der Waals surface area contributed by atoms with E-state index in [1.807, 2.05) is 25.1 Å². The Bertz CT molecular complexity index is 985. The van der Waals surface area contributed by atoms with Crippen LogP contribution < -0.4 is 0 Å². The summed E-state index contributed by atoms with van der Waals surface area (Å²) >= 11 is 0. The molecule has 0 unspecified atom stereocenters. The van der Waals surface area contributed by atoms with E-state index in [1.165, 1.54) is 5.56 Å². The summed E-state index contributed by atoms with van der Waals surface area (Å²) in [5.74, 6) is -0.0731. The molecule has 0 aliphatic carbocycles. The van der Waals surface area contributed by atoms with Gasteiger partial charge in [-0.1, -0.05) is 36.4 Å². The van der Waals surface area contributed by atoms with Gasteiger partial charge < -0.3 is 13.9 Å².